The Morgan fingerprint density at radius 2 is 2.30 bits per heavy atom. The fourth-order valence-electron chi connectivity index (χ4n) is 3.13. The molecule has 2 aromatic rings. The highest BCUT2D eigenvalue weighted by molar-refractivity contribution is 9.10. The van der Waals surface area contributed by atoms with Crippen LogP contribution in [0.1, 0.15) is 19.0 Å². The summed E-state index contributed by atoms with van der Waals surface area (Å²) < 4.78 is 1.04. The van der Waals surface area contributed by atoms with Crippen molar-refractivity contribution in [3.05, 3.63) is 39.8 Å². The third kappa shape index (κ3) is 4.19. The van der Waals surface area contributed by atoms with Crippen molar-refractivity contribution in [2.75, 3.05) is 13.1 Å². The molecule has 0 saturated carbocycles. The van der Waals surface area contributed by atoms with Crippen LogP contribution in [0.3, 0.4) is 0 Å². The van der Waals surface area contributed by atoms with E-state index in [-0.39, 0.29) is 5.92 Å². The van der Waals surface area contributed by atoms with Crippen molar-refractivity contribution in [2.45, 2.75) is 19.9 Å². The van der Waals surface area contributed by atoms with Gasteiger partial charge in [-0.25, -0.2) is 4.98 Å². The van der Waals surface area contributed by atoms with Gasteiger partial charge in [-0.05, 0) is 24.5 Å². The zero-order valence-electron chi connectivity index (χ0n) is 12.9. The molecule has 1 aromatic carbocycles. The Hall–Kier alpha value is -1.24. The van der Waals surface area contributed by atoms with Crippen LogP contribution in [-0.2, 0) is 11.3 Å². The maximum atomic E-state index is 11.3. The van der Waals surface area contributed by atoms with Gasteiger partial charge < -0.3 is 5.11 Å². The molecule has 0 aliphatic carbocycles. The van der Waals surface area contributed by atoms with Crippen LogP contribution < -0.4 is 0 Å². The standard InChI is InChI=1S/C17H19BrN2O2S/c1-11-5-13(17(21)22)8-20(7-11)9-15-10-23-16(19-15)12-3-2-4-14(18)6-12/h2-4,6,10-11,13H,5,7-9H2,1H3,(H,21,22). The number of aliphatic carboxylic acids is 1. The number of aromatic nitrogens is 1. The number of carboxylic acids is 1. The first-order chi connectivity index (χ1) is 11.0. The molecule has 1 aliphatic rings. The van der Waals surface area contributed by atoms with Gasteiger partial charge in [0.25, 0.3) is 0 Å². The molecule has 1 aromatic heterocycles. The van der Waals surface area contributed by atoms with Crippen LogP contribution in [0.5, 0.6) is 0 Å². The number of hydrogen-bond donors (Lipinski definition) is 1. The quantitative estimate of drug-likeness (QED) is 0.847. The van der Waals surface area contributed by atoms with E-state index in [2.05, 4.69) is 45.3 Å². The molecular formula is C17H19BrN2O2S. The van der Waals surface area contributed by atoms with Crippen molar-refractivity contribution in [3.63, 3.8) is 0 Å². The fraction of sp³-hybridized carbons (Fsp3) is 0.412. The summed E-state index contributed by atoms with van der Waals surface area (Å²) in [6.07, 6.45) is 0.770. The van der Waals surface area contributed by atoms with E-state index in [1.54, 1.807) is 11.3 Å². The number of likely N-dealkylation sites (tertiary alicyclic amines) is 1. The predicted octanol–water partition coefficient (Wildman–Crippen LogP) is 4.12. The lowest BCUT2D eigenvalue weighted by molar-refractivity contribution is -0.144. The second-order valence-corrected chi connectivity index (χ2v) is 8.00. The van der Waals surface area contributed by atoms with E-state index in [9.17, 15) is 9.90 Å². The monoisotopic (exact) mass is 394 g/mol. The molecule has 0 bridgehead atoms. The fourth-order valence-corrected chi connectivity index (χ4v) is 4.34. The second-order valence-electron chi connectivity index (χ2n) is 6.22. The molecule has 1 saturated heterocycles. The number of benzene rings is 1. The summed E-state index contributed by atoms with van der Waals surface area (Å²) in [5.74, 6) is -0.537. The zero-order valence-corrected chi connectivity index (χ0v) is 15.3. The molecule has 2 heterocycles. The maximum absolute atomic E-state index is 11.3. The maximum Gasteiger partial charge on any atom is 0.307 e. The zero-order chi connectivity index (χ0) is 16.4. The SMILES string of the molecule is CC1CC(C(=O)O)CN(Cc2csc(-c3cccc(Br)c3)n2)C1. The van der Waals surface area contributed by atoms with Crippen LogP contribution >= 0.6 is 27.3 Å². The van der Waals surface area contributed by atoms with E-state index in [1.165, 1.54) is 0 Å². The van der Waals surface area contributed by atoms with Crippen LogP contribution in [-0.4, -0.2) is 34.0 Å². The van der Waals surface area contributed by atoms with Crippen LogP contribution in [0.15, 0.2) is 34.1 Å². The first-order valence-corrected chi connectivity index (χ1v) is 9.34. The Morgan fingerprint density at radius 3 is 3.04 bits per heavy atom. The van der Waals surface area contributed by atoms with E-state index >= 15 is 0 Å². The topological polar surface area (TPSA) is 53.4 Å². The van der Waals surface area contributed by atoms with E-state index in [1.807, 2.05) is 12.1 Å². The molecule has 2 unspecified atom stereocenters. The van der Waals surface area contributed by atoms with Gasteiger partial charge in [0.15, 0.2) is 0 Å². The molecule has 6 heteroatoms. The van der Waals surface area contributed by atoms with Gasteiger partial charge in [0.1, 0.15) is 5.01 Å². The highest BCUT2D eigenvalue weighted by Gasteiger charge is 2.29. The Kier molecular flexibility index (Phi) is 5.14. The highest BCUT2D eigenvalue weighted by atomic mass is 79.9. The van der Waals surface area contributed by atoms with Gasteiger partial charge in [-0.2, -0.15) is 0 Å². The van der Waals surface area contributed by atoms with Crippen molar-refractivity contribution in [3.8, 4) is 10.6 Å². The summed E-state index contributed by atoms with van der Waals surface area (Å²) in [6, 6.07) is 8.12. The van der Waals surface area contributed by atoms with Gasteiger partial charge in [-0.3, -0.25) is 9.69 Å². The van der Waals surface area contributed by atoms with Crippen LogP contribution in [0, 0.1) is 11.8 Å². The second kappa shape index (κ2) is 7.11. The average molecular weight is 395 g/mol. The van der Waals surface area contributed by atoms with Crippen molar-refractivity contribution in [1.82, 2.24) is 9.88 Å². The Morgan fingerprint density at radius 1 is 1.48 bits per heavy atom. The molecule has 1 fully saturated rings. The summed E-state index contributed by atoms with van der Waals surface area (Å²) >= 11 is 5.12. The minimum Gasteiger partial charge on any atom is -0.481 e. The Bertz CT molecular complexity index is 703. The smallest absolute Gasteiger partial charge is 0.307 e. The molecule has 1 N–H and O–H groups in total. The number of thiazole rings is 1. The number of piperidine rings is 1. The minimum absolute atomic E-state index is 0.262. The first kappa shape index (κ1) is 16.6. The molecule has 1 aliphatic heterocycles. The number of rotatable bonds is 4. The van der Waals surface area contributed by atoms with E-state index in [4.69, 9.17) is 4.98 Å². The van der Waals surface area contributed by atoms with Crippen molar-refractivity contribution < 1.29 is 9.90 Å². The number of hydrogen-bond acceptors (Lipinski definition) is 4. The van der Waals surface area contributed by atoms with Gasteiger partial charge >= 0.3 is 5.97 Å². The van der Waals surface area contributed by atoms with Gasteiger partial charge in [-0.1, -0.05) is 35.0 Å². The summed E-state index contributed by atoms with van der Waals surface area (Å²) in [4.78, 5) is 18.2. The average Bonchev–Trinajstić information content (AvgIpc) is 2.95. The molecule has 0 radical (unpaired) electrons. The number of halogens is 1. The van der Waals surface area contributed by atoms with Crippen molar-refractivity contribution in [1.29, 1.82) is 0 Å². The lowest BCUT2D eigenvalue weighted by Gasteiger charge is -2.34. The molecule has 2 atom stereocenters. The van der Waals surface area contributed by atoms with Crippen LogP contribution in [0.25, 0.3) is 10.6 Å². The van der Waals surface area contributed by atoms with Crippen LogP contribution in [0.2, 0.25) is 0 Å². The minimum atomic E-state index is -0.686. The van der Waals surface area contributed by atoms with Crippen molar-refractivity contribution >= 4 is 33.2 Å². The molecule has 3 rings (SSSR count). The Balaban J connectivity index is 1.70. The number of carboxylic acid groups (broad SMARTS) is 1. The normalized spacial score (nSPS) is 22.2. The van der Waals surface area contributed by atoms with E-state index < -0.39 is 5.97 Å². The van der Waals surface area contributed by atoms with Gasteiger partial charge in [0.05, 0.1) is 11.6 Å². The van der Waals surface area contributed by atoms with Gasteiger partial charge in [0, 0.05) is 35.1 Å². The molecule has 0 amide bonds. The summed E-state index contributed by atoms with van der Waals surface area (Å²) in [7, 11) is 0. The molecular weight excluding hydrogens is 376 g/mol. The molecule has 122 valence electrons. The molecule has 4 nitrogen and oxygen atoms in total. The van der Waals surface area contributed by atoms with E-state index in [0.29, 0.717) is 12.5 Å². The van der Waals surface area contributed by atoms with Crippen LogP contribution in [0.4, 0.5) is 0 Å². The third-order valence-corrected chi connectivity index (χ3v) is 5.53. The lowest BCUT2D eigenvalue weighted by Crippen LogP contribution is -2.42. The largest absolute Gasteiger partial charge is 0.481 e. The summed E-state index contributed by atoms with van der Waals surface area (Å²) in [5, 5.41) is 12.3. The van der Waals surface area contributed by atoms with Gasteiger partial charge in [-0.15, -0.1) is 11.3 Å². The summed E-state index contributed by atoms with van der Waals surface area (Å²) in [5.41, 5.74) is 2.12. The first-order valence-electron chi connectivity index (χ1n) is 7.67. The number of nitrogens with zero attached hydrogens (tertiary/aromatic N) is 2. The third-order valence-electron chi connectivity index (χ3n) is 4.09. The van der Waals surface area contributed by atoms with E-state index in [0.717, 1.165) is 40.2 Å². The Labute approximate surface area is 148 Å². The summed E-state index contributed by atoms with van der Waals surface area (Å²) in [6.45, 7) is 4.39. The number of carbonyl (C=O) groups is 1. The molecule has 23 heavy (non-hydrogen) atoms. The highest BCUT2D eigenvalue weighted by Crippen LogP contribution is 2.28. The molecule has 0 spiro atoms. The van der Waals surface area contributed by atoms with Gasteiger partial charge in [0.2, 0.25) is 0 Å². The van der Waals surface area contributed by atoms with Crippen molar-refractivity contribution in [2.24, 2.45) is 11.8 Å². The lowest BCUT2D eigenvalue weighted by atomic mass is 9.90. The predicted molar refractivity (Wildman–Crippen MR) is 95.4 cm³/mol.